The molecule has 0 saturated heterocycles. The summed E-state index contributed by atoms with van der Waals surface area (Å²) in [4.78, 5) is 33.8. The van der Waals surface area contributed by atoms with Crippen molar-refractivity contribution in [1.29, 1.82) is 0 Å². The lowest BCUT2D eigenvalue weighted by Crippen LogP contribution is -2.45. The molecule has 0 radical (unpaired) electrons. The number of hydrogen-bond donors (Lipinski definition) is 3. The fourth-order valence-electron chi connectivity index (χ4n) is 2.70. The van der Waals surface area contributed by atoms with Crippen LogP contribution in [0.1, 0.15) is 17.2 Å². The Labute approximate surface area is 141 Å². The number of urea groups is 1. The molecule has 8 nitrogen and oxygen atoms in total. The van der Waals surface area contributed by atoms with Gasteiger partial charge < -0.3 is 15.7 Å². The standard InChI is InChI=1S/C17H13N3O5/c21-16(22)15-13(10-6-8-12(9-7-10)20(24)25)14(18-17(23)19-15)11-4-2-1-3-5-11/h1-9,14H,(H,21,22)(H2,18,19,23). The quantitative estimate of drug-likeness (QED) is 0.583. The number of carbonyl (C=O) groups is 2. The highest BCUT2D eigenvalue weighted by Gasteiger charge is 2.32. The summed E-state index contributed by atoms with van der Waals surface area (Å²) in [5, 5.41) is 25.3. The number of nitro benzene ring substituents is 1. The summed E-state index contributed by atoms with van der Waals surface area (Å²) in [7, 11) is 0. The van der Waals surface area contributed by atoms with E-state index >= 15 is 0 Å². The molecule has 1 atom stereocenters. The van der Waals surface area contributed by atoms with Crippen LogP contribution in [0.25, 0.3) is 5.57 Å². The van der Waals surface area contributed by atoms with Crippen LogP contribution in [0.15, 0.2) is 60.3 Å². The maximum atomic E-state index is 11.9. The van der Waals surface area contributed by atoms with Crippen molar-refractivity contribution >= 4 is 23.3 Å². The van der Waals surface area contributed by atoms with Crippen LogP contribution in [0.4, 0.5) is 10.5 Å². The van der Waals surface area contributed by atoms with E-state index < -0.39 is 23.0 Å². The number of rotatable bonds is 4. The van der Waals surface area contributed by atoms with Crippen LogP contribution >= 0.6 is 0 Å². The van der Waals surface area contributed by atoms with Gasteiger partial charge in [0, 0.05) is 17.7 Å². The van der Waals surface area contributed by atoms with Crippen LogP contribution in [0.2, 0.25) is 0 Å². The van der Waals surface area contributed by atoms with Crippen LogP contribution in [0.3, 0.4) is 0 Å². The van der Waals surface area contributed by atoms with Crippen LogP contribution in [0.5, 0.6) is 0 Å². The molecule has 1 unspecified atom stereocenters. The summed E-state index contributed by atoms with van der Waals surface area (Å²) in [6.07, 6.45) is 0. The number of nitrogens with zero attached hydrogens (tertiary/aromatic N) is 1. The molecule has 0 fully saturated rings. The molecule has 1 heterocycles. The van der Waals surface area contributed by atoms with Gasteiger partial charge in [0.2, 0.25) is 0 Å². The topological polar surface area (TPSA) is 122 Å². The van der Waals surface area contributed by atoms with Gasteiger partial charge in [-0.1, -0.05) is 30.3 Å². The molecule has 2 aromatic rings. The summed E-state index contributed by atoms with van der Waals surface area (Å²) in [5.41, 5.74) is 1.12. The normalized spacial score (nSPS) is 16.8. The van der Waals surface area contributed by atoms with Crippen LogP contribution in [-0.2, 0) is 4.79 Å². The lowest BCUT2D eigenvalue weighted by Gasteiger charge is -2.29. The minimum Gasteiger partial charge on any atom is -0.477 e. The third-order valence-electron chi connectivity index (χ3n) is 3.81. The molecular formula is C17H13N3O5. The first-order valence-corrected chi connectivity index (χ1v) is 7.32. The number of aliphatic carboxylic acids is 1. The van der Waals surface area contributed by atoms with E-state index in [4.69, 9.17) is 0 Å². The molecule has 0 saturated carbocycles. The molecule has 0 aliphatic carbocycles. The second-order valence-electron chi connectivity index (χ2n) is 5.34. The Morgan fingerprint density at radius 3 is 2.28 bits per heavy atom. The number of hydrogen-bond acceptors (Lipinski definition) is 4. The minimum absolute atomic E-state index is 0.106. The zero-order valence-electron chi connectivity index (χ0n) is 12.8. The van der Waals surface area contributed by atoms with Gasteiger partial charge in [0.15, 0.2) is 0 Å². The van der Waals surface area contributed by atoms with Crippen molar-refractivity contribution in [2.75, 3.05) is 0 Å². The van der Waals surface area contributed by atoms with Gasteiger partial charge in [-0.05, 0) is 23.3 Å². The molecule has 126 valence electrons. The number of nitro groups is 1. The largest absolute Gasteiger partial charge is 0.477 e. The van der Waals surface area contributed by atoms with E-state index in [-0.39, 0.29) is 11.4 Å². The zero-order valence-corrected chi connectivity index (χ0v) is 12.8. The molecule has 3 rings (SSSR count). The molecular weight excluding hydrogens is 326 g/mol. The van der Waals surface area contributed by atoms with Crippen LogP contribution in [-0.4, -0.2) is 22.0 Å². The number of amides is 2. The Hall–Kier alpha value is -3.68. The smallest absolute Gasteiger partial charge is 0.352 e. The van der Waals surface area contributed by atoms with Crippen molar-refractivity contribution < 1.29 is 19.6 Å². The Kier molecular flexibility index (Phi) is 4.17. The number of nitrogens with one attached hydrogen (secondary N) is 2. The third-order valence-corrected chi connectivity index (χ3v) is 3.81. The fraction of sp³-hybridized carbons (Fsp3) is 0.0588. The summed E-state index contributed by atoms with van der Waals surface area (Å²) in [6.45, 7) is 0. The third kappa shape index (κ3) is 3.18. The van der Waals surface area contributed by atoms with Crippen molar-refractivity contribution in [1.82, 2.24) is 10.6 Å². The van der Waals surface area contributed by atoms with E-state index in [1.807, 2.05) is 0 Å². The average Bonchev–Trinajstić information content (AvgIpc) is 2.61. The summed E-state index contributed by atoms with van der Waals surface area (Å²) < 4.78 is 0. The second-order valence-corrected chi connectivity index (χ2v) is 5.34. The molecule has 3 N–H and O–H groups in total. The molecule has 25 heavy (non-hydrogen) atoms. The highest BCUT2D eigenvalue weighted by molar-refractivity contribution is 6.03. The number of benzene rings is 2. The molecule has 0 aromatic heterocycles. The van der Waals surface area contributed by atoms with Gasteiger partial charge in [0.05, 0.1) is 11.0 Å². The molecule has 1 aliphatic rings. The molecule has 0 spiro atoms. The highest BCUT2D eigenvalue weighted by Crippen LogP contribution is 2.35. The fourth-order valence-corrected chi connectivity index (χ4v) is 2.70. The van der Waals surface area contributed by atoms with E-state index in [0.717, 1.165) is 0 Å². The van der Waals surface area contributed by atoms with E-state index in [1.54, 1.807) is 30.3 Å². The van der Waals surface area contributed by atoms with Crippen molar-refractivity contribution in [3.05, 3.63) is 81.5 Å². The Bertz CT molecular complexity index is 875. The SMILES string of the molecule is O=C1NC(C(=O)O)=C(c2ccc([N+](=O)[O-])cc2)C(c2ccccc2)N1. The Morgan fingerprint density at radius 1 is 1.08 bits per heavy atom. The predicted molar refractivity (Wildman–Crippen MR) is 88.5 cm³/mol. The predicted octanol–water partition coefficient (Wildman–Crippen LogP) is 2.44. The van der Waals surface area contributed by atoms with E-state index in [1.165, 1.54) is 24.3 Å². The Balaban J connectivity index is 2.17. The number of carboxylic acid groups (broad SMARTS) is 1. The van der Waals surface area contributed by atoms with Crippen LogP contribution < -0.4 is 10.6 Å². The number of carbonyl (C=O) groups excluding carboxylic acids is 1. The van der Waals surface area contributed by atoms with Gasteiger partial charge >= 0.3 is 12.0 Å². The van der Waals surface area contributed by atoms with Gasteiger partial charge in [-0.2, -0.15) is 0 Å². The number of non-ortho nitro benzene ring substituents is 1. The van der Waals surface area contributed by atoms with Gasteiger partial charge in [-0.15, -0.1) is 0 Å². The lowest BCUT2D eigenvalue weighted by molar-refractivity contribution is -0.384. The monoisotopic (exact) mass is 339 g/mol. The molecule has 2 aromatic carbocycles. The minimum atomic E-state index is -1.29. The number of carboxylic acids is 1. The first-order chi connectivity index (χ1) is 12.0. The zero-order chi connectivity index (χ0) is 18.0. The van der Waals surface area contributed by atoms with Gasteiger partial charge in [-0.25, -0.2) is 9.59 Å². The average molecular weight is 339 g/mol. The van der Waals surface area contributed by atoms with Gasteiger partial charge in [0.25, 0.3) is 5.69 Å². The first kappa shape index (κ1) is 16.2. The first-order valence-electron chi connectivity index (χ1n) is 7.32. The molecule has 1 aliphatic heterocycles. The highest BCUT2D eigenvalue weighted by atomic mass is 16.6. The second kappa shape index (κ2) is 6.44. The van der Waals surface area contributed by atoms with Crippen molar-refractivity contribution in [2.45, 2.75) is 6.04 Å². The summed E-state index contributed by atoms with van der Waals surface area (Å²) in [6, 6.07) is 13.1. The van der Waals surface area contributed by atoms with Crippen LogP contribution in [0, 0.1) is 10.1 Å². The van der Waals surface area contributed by atoms with Crippen molar-refractivity contribution in [3.8, 4) is 0 Å². The van der Waals surface area contributed by atoms with E-state index in [9.17, 15) is 24.8 Å². The summed E-state index contributed by atoms with van der Waals surface area (Å²) >= 11 is 0. The van der Waals surface area contributed by atoms with E-state index in [0.29, 0.717) is 16.7 Å². The summed E-state index contributed by atoms with van der Waals surface area (Å²) in [5.74, 6) is -1.29. The van der Waals surface area contributed by atoms with Crippen molar-refractivity contribution in [2.24, 2.45) is 0 Å². The lowest BCUT2D eigenvalue weighted by atomic mass is 9.89. The molecule has 0 bridgehead atoms. The van der Waals surface area contributed by atoms with E-state index in [2.05, 4.69) is 10.6 Å². The van der Waals surface area contributed by atoms with Gasteiger partial charge in [-0.3, -0.25) is 10.1 Å². The molecule has 8 heteroatoms. The maximum absolute atomic E-state index is 11.9. The van der Waals surface area contributed by atoms with Gasteiger partial charge in [0.1, 0.15) is 5.70 Å². The van der Waals surface area contributed by atoms with Crippen molar-refractivity contribution in [3.63, 3.8) is 0 Å². The Morgan fingerprint density at radius 2 is 1.72 bits per heavy atom. The molecule has 2 amide bonds. The maximum Gasteiger partial charge on any atom is 0.352 e.